The molecule has 110 valence electrons. The Labute approximate surface area is 136 Å². The van der Waals surface area contributed by atoms with E-state index in [4.69, 9.17) is 4.84 Å². The van der Waals surface area contributed by atoms with E-state index in [0.717, 1.165) is 15.1 Å². The van der Waals surface area contributed by atoms with Crippen LogP contribution in [0.1, 0.15) is 26.3 Å². The van der Waals surface area contributed by atoms with Gasteiger partial charge in [0.25, 0.3) is 11.8 Å². The Hall–Kier alpha value is -2.24. The van der Waals surface area contributed by atoms with Crippen LogP contribution in [0.25, 0.3) is 6.08 Å². The van der Waals surface area contributed by atoms with Crippen LogP contribution in [-0.2, 0) is 4.84 Å². The van der Waals surface area contributed by atoms with Crippen LogP contribution in [0, 0.1) is 0 Å². The average Bonchev–Trinajstić information content (AvgIpc) is 2.78. The van der Waals surface area contributed by atoms with Crippen molar-refractivity contribution in [3.05, 3.63) is 75.8 Å². The van der Waals surface area contributed by atoms with Gasteiger partial charge in [0.15, 0.2) is 0 Å². The zero-order valence-corrected chi connectivity index (χ0v) is 13.1. The minimum absolute atomic E-state index is 0.140. The summed E-state index contributed by atoms with van der Waals surface area (Å²) < 4.78 is 1.01. The fraction of sp³-hybridized carbons (Fsp3) is 0.0588. The molecule has 3 rings (SSSR count). The number of hydroxylamine groups is 2. The standard InChI is InChI=1S/C17H12BrNO3/c18-13-9-7-12(8-10-13)4-3-11-22-19-16(20)14-5-1-2-6-15(14)17(19)21/h1-10H,11H2. The van der Waals surface area contributed by atoms with Crippen molar-refractivity contribution in [1.29, 1.82) is 0 Å². The van der Waals surface area contributed by atoms with E-state index in [2.05, 4.69) is 15.9 Å². The molecule has 0 saturated carbocycles. The van der Waals surface area contributed by atoms with Crippen LogP contribution < -0.4 is 0 Å². The van der Waals surface area contributed by atoms with Gasteiger partial charge in [-0.1, -0.05) is 52.3 Å². The highest BCUT2D eigenvalue weighted by Crippen LogP contribution is 2.22. The fourth-order valence-corrected chi connectivity index (χ4v) is 2.42. The molecule has 0 aromatic heterocycles. The highest BCUT2D eigenvalue weighted by molar-refractivity contribution is 9.10. The Morgan fingerprint density at radius 3 is 2.14 bits per heavy atom. The highest BCUT2D eigenvalue weighted by atomic mass is 79.9. The Bertz CT molecular complexity index is 718. The van der Waals surface area contributed by atoms with Gasteiger partial charge in [-0.15, -0.1) is 5.06 Å². The summed E-state index contributed by atoms with van der Waals surface area (Å²) in [6, 6.07) is 14.5. The smallest absolute Gasteiger partial charge is 0.266 e. The van der Waals surface area contributed by atoms with E-state index in [-0.39, 0.29) is 6.61 Å². The summed E-state index contributed by atoms with van der Waals surface area (Å²) >= 11 is 3.37. The monoisotopic (exact) mass is 357 g/mol. The summed E-state index contributed by atoms with van der Waals surface area (Å²) in [5.41, 5.74) is 1.77. The third-order valence-electron chi connectivity index (χ3n) is 3.24. The molecule has 0 bridgehead atoms. The lowest BCUT2D eigenvalue weighted by atomic mass is 10.1. The molecule has 0 radical (unpaired) electrons. The predicted molar refractivity (Wildman–Crippen MR) is 86.1 cm³/mol. The van der Waals surface area contributed by atoms with E-state index in [0.29, 0.717) is 11.1 Å². The molecule has 0 aliphatic carbocycles. The van der Waals surface area contributed by atoms with Gasteiger partial charge in [-0.25, -0.2) is 0 Å². The first-order valence-corrected chi connectivity index (χ1v) is 7.49. The van der Waals surface area contributed by atoms with Crippen LogP contribution in [0.4, 0.5) is 0 Å². The van der Waals surface area contributed by atoms with Crippen LogP contribution >= 0.6 is 15.9 Å². The molecular formula is C17H12BrNO3. The zero-order valence-electron chi connectivity index (χ0n) is 11.5. The SMILES string of the molecule is O=C1c2ccccc2C(=O)N1OCC=Cc1ccc(Br)cc1. The number of carbonyl (C=O) groups is 2. The maximum absolute atomic E-state index is 12.1. The van der Waals surface area contributed by atoms with Crippen LogP contribution in [0.2, 0.25) is 0 Å². The summed E-state index contributed by atoms with van der Waals surface area (Å²) in [4.78, 5) is 29.4. The van der Waals surface area contributed by atoms with E-state index >= 15 is 0 Å². The summed E-state index contributed by atoms with van der Waals surface area (Å²) in [6.45, 7) is 0.140. The maximum Gasteiger partial charge on any atom is 0.285 e. The van der Waals surface area contributed by atoms with Crippen LogP contribution in [0.3, 0.4) is 0 Å². The number of rotatable bonds is 4. The zero-order chi connectivity index (χ0) is 15.5. The van der Waals surface area contributed by atoms with Gasteiger partial charge in [-0.2, -0.15) is 0 Å². The molecule has 1 heterocycles. The molecule has 0 N–H and O–H groups in total. The van der Waals surface area contributed by atoms with Crippen molar-refractivity contribution in [2.75, 3.05) is 6.61 Å². The van der Waals surface area contributed by atoms with Gasteiger partial charge in [0, 0.05) is 4.47 Å². The number of carbonyl (C=O) groups excluding carboxylic acids is 2. The van der Waals surface area contributed by atoms with Crippen molar-refractivity contribution < 1.29 is 14.4 Å². The van der Waals surface area contributed by atoms with Crippen molar-refractivity contribution in [2.45, 2.75) is 0 Å². The Kier molecular flexibility index (Phi) is 4.18. The van der Waals surface area contributed by atoms with E-state index in [1.807, 2.05) is 30.3 Å². The summed E-state index contributed by atoms with van der Waals surface area (Å²) in [7, 11) is 0. The third-order valence-corrected chi connectivity index (χ3v) is 3.77. The topological polar surface area (TPSA) is 46.6 Å². The number of hydrogen-bond acceptors (Lipinski definition) is 3. The van der Waals surface area contributed by atoms with E-state index in [1.165, 1.54) is 0 Å². The number of halogens is 1. The average molecular weight is 358 g/mol. The highest BCUT2D eigenvalue weighted by Gasteiger charge is 2.36. The third kappa shape index (κ3) is 2.86. The second-order valence-corrected chi connectivity index (χ2v) is 5.62. The first-order valence-electron chi connectivity index (χ1n) is 6.69. The van der Waals surface area contributed by atoms with Gasteiger partial charge in [0.1, 0.15) is 0 Å². The van der Waals surface area contributed by atoms with Crippen molar-refractivity contribution >= 4 is 33.8 Å². The molecule has 1 aliphatic heterocycles. The Morgan fingerprint density at radius 1 is 0.955 bits per heavy atom. The van der Waals surface area contributed by atoms with Crippen molar-refractivity contribution in [2.24, 2.45) is 0 Å². The number of fused-ring (bicyclic) bond motifs is 1. The Balaban J connectivity index is 1.62. The first kappa shape index (κ1) is 14.7. The predicted octanol–water partition coefficient (Wildman–Crippen LogP) is 3.69. The largest absolute Gasteiger partial charge is 0.285 e. The molecule has 22 heavy (non-hydrogen) atoms. The van der Waals surface area contributed by atoms with Crippen molar-refractivity contribution in [3.8, 4) is 0 Å². The lowest BCUT2D eigenvalue weighted by molar-refractivity contribution is -0.0800. The molecular weight excluding hydrogens is 346 g/mol. The van der Waals surface area contributed by atoms with Gasteiger partial charge < -0.3 is 0 Å². The molecule has 2 aromatic rings. The lowest BCUT2D eigenvalue weighted by Crippen LogP contribution is -2.29. The van der Waals surface area contributed by atoms with Crippen LogP contribution in [0.15, 0.2) is 59.1 Å². The molecule has 0 atom stereocenters. The second kappa shape index (κ2) is 6.25. The molecule has 1 aliphatic rings. The molecule has 4 nitrogen and oxygen atoms in total. The van der Waals surface area contributed by atoms with Gasteiger partial charge in [-0.05, 0) is 29.8 Å². The number of nitrogens with zero attached hydrogens (tertiary/aromatic N) is 1. The molecule has 0 fully saturated rings. The minimum Gasteiger partial charge on any atom is -0.266 e. The molecule has 0 spiro atoms. The van der Waals surface area contributed by atoms with Crippen molar-refractivity contribution in [1.82, 2.24) is 5.06 Å². The first-order chi connectivity index (χ1) is 10.7. The maximum atomic E-state index is 12.1. The molecule has 0 saturated heterocycles. The van der Waals surface area contributed by atoms with Crippen LogP contribution in [0.5, 0.6) is 0 Å². The molecule has 2 amide bonds. The lowest BCUT2D eigenvalue weighted by Gasteiger charge is -2.11. The van der Waals surface area contributed by atoms with Gasteiger partial charge >= 0.3 is 0 Å². The molecule has 0 unspecified atom stereocenters. The normalized spacial score (nSPS) is 14.0. The number of benzene rings is 2. The number of amides is 2. The minimum atomic E-state index is -0.419. The Morgan fingerprint density at radius 2 is 1.55 bits per heavy atom. The second-order valence-electron chi connectivity index (χ2n) is 4.70. The fourth-order valence-electron chi connectivity index (χ4n) is 2.16. The summed E-state index contributed by atoms with van der Waals surface area (Å²) in [5.74, 6) is -0.838. The van der Waals surface area contributed by atoms with E-state index in [9.17, 15) is 9.59 Å². The summed E-state index contributed by atoms with van der Waals surface area (Å²) in [5, 5.41) is 0.816. The quantitative estimate of drug-likeness (QED) is 0.784. The van der Waals surface area contributed by atoms with Gasteiger partial charge in [0.2, 0.25) is 0 Å². The molecule has 2 aromatic carbocycles. The number of hydrogen-bond donors (Lipinski definition) is 0. The number of imide groups is 1. The molecule has 5 heteroatoms. The van der Waals surface area contributed by atoms with E-state index < -0.39 is 11.8 Å². The van der Waals surface area contributed by atoms with Crippen molar-refractivity contribution in [3.63, 3.8) is 0 Å². The van der Waals surface area contributed by atoms with Gasteiger partial charge in [-0.3, -0.25) is 14.4 Å². The van der Waals surface area contributed by atoms with Gasteiger partial charge in [0.05, 0.1) is 17.7 Å². The van der Waals surface area contributed by atoms with Crippen LogP contribution in [-0.4, -0.2) is 23.5 Å². The summed E-state index contributed by atoms with van der Waals surface area (Å²) in [6.07, 6.45) is 3.62. The van der Waals surface area contributed by atoms with E-state index in [1.54, 1.807) is 30.3 Å².